The van der Waals surface area contributed by atoms with E-state index in [1.54, 1.807) is 25.5 Å². The molecule has 0 aromatic carbocycles. The monoisotopic (exact) mass is 362 g/mol. The van der Waals surface area contributed by atoms with Gasteiger partial charge in [0.2, 0.25) is 5.95 Å². The number of hydrogen-bond acceptors (Lipinski definition) is 7. The molecule has 0 saturated heterocycles. The maximum Gasteiger partial charge on any atom is 0.332 e. The molecule has 0 unspecified atom stereocenters. The highest BCUT2D eigenvalue weighted by Gasteiger charge is 2.27. The van der Waals surface area contributed by atoms with Crippen LogP contribution in [-0.4, -0.2) is 43.5 Å². The SMILES string of the molecule is CCCn1c(=O)c2c(nc3n2CC(C)=NN3CC(=O)OCC)n(C)c1=O. The van der Waals surface area contributed by atoms with Crippen LogP contribution in [0.1, 0.15) is 27.2 Å². The Bertz CT molecular complexity index is 1010. The van der Waals surface area contributed by atoms with Crippen LogP contribution in [0.15, 0.2) is 14.7 Å². The first kappa shape index (κ1) is 17.9. The van der Waals surface area contributed by atoms with E-state index in [0.717, 1.165) is 5.71 Å². The van der Waals surface area contributed by atoms with Crippen molar-refractivity contribution >= 4 is 28.8 Å². The van der Waals surface area contributed by atoms with E-state index in [0.29, 0.717) is 31.0 Å². The molecule has 0 amide bonds. The van der Waals surface area contributed by atoms with Gasteiger partial charge in [0, 0.05) is 13.6 Å². The maximum atomic E-state index is 12.9. The van der Waals surface area contributed by atoms with Gasteiger partial charge in [0.25, 0.3) is 5.56 Å². The Morgan fingerprint density at radius 1 is 1.27 bits per heavy atom. The molecule has 0 aliphatic carbocycles. The molecule has 0 atom stereocenters. The first-order valence-corrected chi connectivity index (χ1v) is 8.56. The van der Waals surface area contributed by atoms with Crippen LogP contribution in [-0.2, 0) is 29.7 Å². The highest BCUT2D eigenvalue weighted by Crippen LogP contribution is 2.23. The summed E-state index contributed by atoms with van der Waals surface area (Å²) in [4.78, 5) is 41.7. The topological polar surface area (TPSA) is 104 Å². The van der Waals surface area contributed by atoms with E-state index in [1.807, 2.05) is 6.92 Å². The average molecular weight is 362 g/mol. The summed E-state index contributed by atoms with van der Waals surface area (Å²) < 4.78 is 9.25. The van der Waals surface area contributed by atoms with Crippen LogP contribution in [0, 0.1) is 0 Å². The Morgan fingerprint density at radius 3 is 2.65 bits per heavy atom. The number of imidazole rings is 1. The van der Waals surface area contributed by atoms with Gasteiger partial charge in [-0.3, -0.25) is 23.3 Å². The van der Waals surface area contributed by atoms with Crippen LogP contribution in [0.2, 0.25) is 0 Å². The normalized spacial score (nSPS) is 13.7. The van der Waals surface area contributed by atoms with E-state index in [-0.39, 0.29) is 24.4 Å². The van der Waals surface area contributed by atoms with Gasteiger partial charge < -0.3 is 4.74 Å². The summed E-state index contributed by atoms with van der Waals surface area (Å²) in [6, 6.07) is 0. The van der Waals surface area contributed by atoms with Gasteiger partial charge in [-0.2, -0.15) is 10.1 Å². The molecule has 0 fully saturated rings. The number of hydrazone groups is 1. The summed E-state index contributed by atoms with van der Waals surface area (Å²) in [5.74, 6) is -0.0955. The molecule has 1 aliphatic rings. The first-order valence-electron chi connectivity index (χ1n) is 8.56. The molecule has 0 saturated carbocycles. The molecule has 10 nitrogen and oxygen atoms in total. The highest BCUT2D eigenvalue weighted by atomic mass is 16.5. The quantitative estimate of drug-likeness (QED) is 0.697. The van der Waals surface area contributed by atoms with Crippen molar-refractivity contribution in [3.63, 3.8) is 0 Å². The number of esters is 1. The van der Waals surface area contributed by atoms with Crippen molar-refractivity contribution in [1.82, 2.24) is 18.7 Å². The van der Waals surface area contributed by atoms with Crippen molar-refractivity contribution in [2.24, 2.45) is 12.1 Å². The van der Waals surface area contributed by atoms with Gasteiger partial charge in [0.15, 0.2) is 11.2 Å². The number of carbonyl (C=O) groups excluding carboxylic acids is 1. The Labute approximate surface area is 149 Å². The number of nitrogens with zero attached hydrogens (tertiary/aromatic N) is 6. The molecule has 2 aromatic rings. The first-order chi connectivity index (χ1) is 12.4. The minimum atomic E-state index is -0.443. The lowest BCUT2D eigenvalue weighted by Gasteiger charge is -2.23. The average Bonchev–Trinajstić information content (AvgIpc) is 2.96. The van der Waals surface area contributed by atoms with E-state index < -0.39 is 11.7 Å². The third-order valence-corrected chi connectivity index (χ3v) is 4.15. The zero-order chi connectivity index (χ0) is 19.0. The van der Waals surface area contributed by atoms with Crippen molar-refractivity contribution in [1.29, 1.82) is 0 Å². The number of hydrogen-bond donors (Lipinski definition) is 0. The van der Waals surface area contributed by atoms with Gasteiger partial charge in [0.1, 0.15) is 6.54 Å². The molecular weight excluding hydrogens is 340 g/mol. The molecule has 3 heterocycles. The fourth-order valence-electron chi connectivity index (χ4n) is 3.07. The number of fused-ring (bicyclic) bond motifs is 3. The Hall–Kier alpha value is -2.91. The molecule has 26 heavy (non-hydrogen) atoms. The minimum absolute atomic E-state index is 0.119. The van der Waals surface area contributed by atoms with Gasteiger partial charge in [-0.15, -0.1) is 0 Å². The standard InChI is InChI=1S/C16H22N6O4/c1-5-7-20-14(24)12-13(19(4)16(20)25)17-15-21(12)8-10(3)18-22(15)9-11(23)26-6-2/h5-9H2,1-4H3. The summed E-state index contributed by atoms with van der Waals surface area (Å²) in [6.07, 6.45) is 0.664. The second-order valence-corrected chi connectivity index (χ2v) is 6.17. The van der Waals surface area contributed by atoms with Crippen molar-refractivity contribution in [3.8, 4) is 0 Å². The van der Waals surface area contributed by atoms with Crippen LogP contribution in [0.4, 0.5) is 5.95 Å². The number of aromatic nitrogens is 4. The summed E-state index contributed by atoms with van der Waals surface area (Å²) in [6.45, 7) is 6.28. The van der Waals surface area contributed by atoms with Crippen molar-refractivity contribution in [2.45, 2.75) is 40.3 Å². The number of rotatable bonds is 5. The van der Waals surface area contributed by atoms with Crippen molar-refractivity contribution in [2.75, 3.05) is 18.2 Å². The fraction of sp³-hybridized carbons (Fsp3) is 0.562. The number of aryl methyl sites for hydroxylation is 1. The van der Waals surface area contributed by atoms with Crippen LogP contribution < -0.4 is 16.3 Å². The Balaban J connectivity index is 2.22. The van der Waals surface area contributed by atoms with Crippen molar-refractivity contribution in [3.05, 3.63) is 20.8 Å². The third kappa shape index (κ3) is 2.80. The van der Waals surface area contributed by atoms with Gasteiger partial charge in [-0.1, -0.05) is 6.92 Å². The number of anilines is 1. The van der Waals surface area contributed by atoms with Crippen molar-refractivity contribution < 1.29 is 9.53 Å². The van der Waals surface area contributed by atoms with E-state index in [2.05, 4.69) is 10.1 Å². The molecule has 0 N–H and O–H groups in total. The van der Waals surface area contributed by atoms with E-state index in [1.165, 1.54) is 14.1 Å². The lowest BCUT2D eigenvalue weighted by molar-refractivity contribution is -0.141. The van der Waals surface area contributed by atoms with Gasteiger partial charge in [-0.05, 0) is 20.3 Å². The van der Waals surface area contributed by atoms with Crippen LogP contribution in [0.25, 0.3) is 11.2 Å². The van der Waals surface area contributed by atoms with Gasteiger partial charge >= 0.3 is 11.7 Å². The Kier molecular flexibility index (Phi) is 4.66. The molecule has 1 aliphatic heterocycles. The molecule has 140 valence electrons. The Morgan fingerprint density at radius 2 is 2.00 bits per heavy atom. The summed E-state index contributed by atoms with van der Waals surface area (Å²) in [7, 11) is 1.58. The predicted molar refractivity (Wildman–Crippen MR) is 96.6 cm³/mol. The molecule has 0 spiro atoms. The number of ether oxygens (including phenoxy) is 1. The van der Waals surface area contributed by atoms with Gasteiger partial charge in [0.05, 0.1) is 18.9 Å². The molecule has 0 bridgehead atoms. The summed E-state index contributed by atoms with van der Waals surface area (Å²) in [5.41, 5.74) is 0.542. The molecule has 2 aromatic heterocycles. The molecule has 3 rings (SSSR count). The molecular formula is C16H22N6O4. The zero-order valence-corrected chi connectivity index (χ0v) is 15.4. The van der Waals surface area contributed by atoms with Crippen LogP contribution >= 0.6 is 0 Å². The fourth-order valence-corrected chi connectivity index (χ4v) is 3.07. The van der Waals surface area contributed by atoms with E-state index >= 15 is 0 Å². The largest absolute Gasteiger partial charge is 0.465 e. The minimum Gasteiger partial charge on any atom is -0.465 e. The smallest absolute Gasteiger partial charge is 0.332 e. The van der Waals surface area contributed by atoms with Crippen LogP contribution in [0.3, 0.4) is 0 Å². The van der Waals surface area contributed by atoms with Gasteiger partial charge in [-0.25, -0.2) is 9.80 Å². The zero-order valence-electron chi connectivity index (χ0n) is 15.4. The third-order valence-electron chi connectivity index (χ3n) is 4.15. The second-order valence-electron chi connectivity index (χ2n) is 6.17. The summed E-state index contributed by atoms with van der Waals surface area (Å²) in [5, 5.41) is 5.76. The summed E-state index contributed by atoms with van der Waals surface area (Å²) >= 11 is 0. The van der Waals surface area contributed by atoms with E-state index in [4.69, 9.17) is 4.74 Å². The lowest BCUT2D eigenvalue weighted by atomic mass is 10.3. The molecule has 10 heteroatoms. The van der Waals surface area contributed by atoms with E-state index in [9.17, 15) is 14.4 Å². The lowest BCUT2D eigenvalue weighted by Crippen LogP contribution is -2.40. The van der Waals surface area contributed by atoms with Crippen LogP contribution in [0.5, 0.6) is 0 Å². The predicted octanol–water partition coefficient (Wildman–Crippen LogP) is 0.0657. The second kappa shape index (κ2) is 6.77. The number of carbonyl (C=O) groups is 1. The highest BCUT2D eigenvalue weighted by molar-refractivity contribution is 5.89. The molecule has 0 radical (unpaired) electrons. The maximum absolute atomic E-state index is 12.9.